The molecule has 10 nitrogen and oxygen atoms in total. The van der Waals surface area contributed by atoms with Gasteiger partial charge in [0, 0.05) is 25.3 Å². The molecule has 2 aromatic rings. The second-order valence-corrected chi connectivity index (χ2v) is 8.60. The number of carbonyl (C=O) groups excluding carboxylic acids is 1. The lowest BCUT2D eigenvalue weighted by Crippen LogP contribution is -2.38. The van der Waals surface area contributed by atoms with Crippen LogP contribution in [0, 0.1) is 10.1 Å². The van der Waals surface area contributed by atoms with Crippen LogP contribution >= 0.6 is 0 Å². The van der Waals surface area contributed by atoms with Gasteiger partial charge in [0.15, 0.2) is 0 Å². The number of carbonyl (C=O) groups is 1. The van der Waals surface area contributed by atoms with Gasteiger partial charge in [-0.2, -0.15) is 8.99 Å². The normalized spacial score (nSPS) is 14.1. The molecular weight excluding hydrogens is 398 g/mol. The molecule has 0 atom stereocenters. The second-order valence-electron chi connectivity index (χ2n) is 6.66. The van der Waals surface area contributed by atoms with Crippen LogP contribution in [0.3, 0.4) is 0 Å². The number of nitro groups is 1. The average Bonchev–Trinajstić information content (AvgIpc) is 3.16. The Morgan fingerprint density at radius 3 is 2.62 bits per heavy atom. The molecule has 1 aliphatic heterocycles. The highest BCUT2D eigenvalue weighted by Gasteiger charge is 2.27. The van der Waals surface area contributed by atoms with Gasteiger partial charge in [0.25, 0.3) is 5.91 Å². The highest BCUT2D eigenvalue weighted by molar-refractivity contribution is 7.89. The van der Waals surface area contributed by atoms with Crippen LogP contribution in [0.4, 0.5) is 11.5 Å². The predicted octanol–water partition coefficient (Wildman–Crippen LogP) is 1.80. The molecule has 0 fully saturated rings. The number of anilines is 1. The van der Waals surface area contributed by atoms with Gasteiger partial charge in [-0.1, -0.05) is 13.8 Å². The van der Waals surface area contributed by atoms with Gasteiger partial charge in [-0.15, -0.1) is 0 Å². The van der Waals surface area contributed by atoms with E-state index in [9.17, 15) is 23.3 Å². The molecule has 2 heterocycles. The molecule has 0 radical (unpaired) electrons. The van der Waals surface area contributed by atoms with Crippen molar-refractivity contribution >= 4 is 27.4 Å². The molecule has 0 N–H and O–H groups in total. The Hall–Kier alpha value is -2.79. The highest BCUT2D eigenvalue weighted by Crippen LogP contribution is 2.30. The minimum atomic E-state index is -3.57. The van der Waals surface area contributed by atoms with Crippen molar-refractivity contribution in [1.82, 2.24) is 14.1 Å². The first-order valence-corrected chi connectivity index (χ1v) is 10.8. The fourth-order valence-corrected chi connectivity index (χ4v) is 4.98. The van der Waals surface area contributed by atoms with Crippen molar-refractivity contribution in [3.05, 3.63) is 46.1 Å². The third-order valence-electron chi connectivity index (χ3n) is 4.92. The first kappa shape index (κ1) is 20.9. The number of nitrogens with zero attached hydrogens (tertiary/aromatic N) is 5. The molecular formula is C18H23N5O5S. The zero-order chi connectivity index (χ0) is 21.2. The fraction of sp³-hybridized carbons (Fsp3) is 0.444. The smallest absolute Gasteiger partial charge is 0.358 e. The van der Waals surface area contributed by atoms with E-state index in [0.717, 1.165) is 5.56 Å². The van der Waals surface area contributed by atoms with Crippen LogP contribution in [0.2, 0.25) is 0 Å². The lowest BCUT2D eigenvalue weighted by molar-refractivity contribution is -0.389. The molecule has 0 saturated carbocycles. The molecule has 1 aliphatic rings. The Bertz CT molecular complexity index is 1030. The number of hydrogen-bond acceptors (Lipinski definition) is 6. The van der Waals surface area contributed by atoms with Gasteiger partial charge in [0.1, 0.15) is 6.54 Å². The molecule has 1 aromatic carbocycles. The summed E-state index contributed by atoms with van der Waals surface area (Å²) < 4.78 is 28.2. The van der Waals surface area contributed by atoms with Crippen molar-refractivity contribution in [2.24, 2.45) is 0 Å². The van der Waals surface area contributed by atoms with Crippen molar-refractivity contribution in [2.75, 3.05) is 24.5 Å². The zero-order valence-corrected chi connectivity index (χ0v) is 17.1. The van der Waals surface area contributed by atoms with E-state index in [1.54, 1.807) is 30.9 Å². The van der Waals surface area contributed by atoms with Crippen molar-refractivity contribution in [1.29, 1.82) is 0 Å². The molecule has 0 aliphatic carbocycles. The molecule has 156 valence electrons. The Morgan fingerprint density at radius 2 is 2.00 bits per heavy atom. The summed E-state index contributed by atoms with van der Waals surface area (Å²) in [5.41, 5.74) is 1.46. The first-order chi connectivity index (χ1) is 13.8. The molecule has 11 heteroatoms. The summed E-state index contributed by atoms with van der Waals surface area (Å²) >= 11 is 0. The number of amides is 1. The summed E-state index contributed by atoms with van der Waals surface area (Å²) in [4.78, 5) is 24.7. The Labute approximate surface area is 168 Å². The van der Waals surface area contributed by atoms with Gasteiger partial charge in [-0.25, -0.2) is 8.42 Å². The number of aromatic nitrogens is 2. The van der Waals surface area contributed by atoms with Crippen LogP contribution in [0.5, 0.6) is 0 Å². The number of hydrogen-bond donors (Lipinski definition) is 0. The van der Waals surface area contributed by atoms with Crippen LogP contribution in [0.15, 0.2) is 35.4 Å². The molecule has 29 heavy (non-hydrogen) atoms. The van der Waals surface area contributed by atoms with E-state index < -0.39 is 14.9 Å². The maximum atomic E-state index is 12.8. The monoisotopic (exact) mass is 421 g/mol. The third kappa shape index (κ3) is 4.15. The number of rotatable bonds is 7. The number of aryl methyl sites for hydroxylation is 1. The van der Waals surface area contributed by atoms with Gasteiger partial charge in [-0.3, -0.25) is 4.79 Å². The topological polar surface area (TPSA) is 119 Å². The lowest BCUT2D eigenvalue weighted by atomic mass is 10.0. The largest absolute Gasteiger partial charge is 0.389 e. The van der Waals surface area contributed by atoms with Gasteiger partial charge < -0.3 is 15.0 Å². The molecule has 3 rings (SSSR count). The van der Waals surface area contributed by atoms with Gasteiger partial charge in [0.2, 0.25) is 10.0 Å². The summed E-state index contributed by atoms with van der Waals surface area (Å²) in [5.74, 6) is -0.577. The van der Waals surface area contributed by atoms with Gasteiger partial charge in [-0.05, 0) is 41.5 Å². The number of fused-ring (bicyclic) bond motifs is 1. The maximum Gasteiger partial charge on any atom is 0.389 e. The minimum Gasteiger partial charge on any atom is -0.358 e. The van der Waals surface area contributed by atoms with E-state index >= 15 is 0 Å². The first-order valence-electron chi connectivity index (χ1n) is 9.39. The van der Waals surface area contributed by atoms with Crippen LogP contribution in [-0.2, 0) is 27.8 Å². The standard InChI is InChI=1S/C18H23N5O5S/c1-3-21(4-2)29(27,28)15-7-8-16-14(12-15)6-5-10-22(16)18(24)13-20-11-9-17(19-20)23(25)26/h7-9,11-12H,3-6,10,13H2,1-2H3. The van der Waals surface area contributed by atoms with E-state index in [1.165, 1.54) is 27.3 Å². The van der Waals surface area contributed by atoms with Crippen LogP contribution in [0.1, 0.15) is 25.8 Å². The molecule has 0 unspecified atom stereocenters. The fourth-order valence-electron chi connectivity index (χ4n) is 3.47. The minimum absolute atomic E-state index is 0.132. The summed E-state index contributed by atoms with van der Waals surface area (Å²) in [7, 11) is -3.57. The molecule has 1 aromatic heterocycles. The third-order valence-corrected chi connectivity index (χ3v) is 6.97. The van der Waals surface area contributed by atoms with Gasteiger partial charge >= 0.3 is 5.82 Å². The molecule has 0 bridgehead atoms. The van der Waals surface area contributed by atoms with Crippen LogP contribution in [-0.4, -0.2) is 53.0 Å². The highest BCUT2D eigenvalue weighted by atomic mass is 32.2. The van der Waals surface area contributed by atoms with E-state index in [2.05, 4.69) is 5.10 Å². The molecule has 1 amide bonds. The van der Waals surface area contributed by atoms with Crippen molar-refractivity contribution < 1.29 is 18.1 Å². The van der Waals surface area contributed by atoms with Crippen molar-refractivity contribution in [3.8, 4) is 0 Å². The van der Waals surface area contributed by atoms with Crippen LogP contribution < -0.4 is 4.90 Å². The number of sulfonamides is 1. The van der Waals surface area contributed by atoms with Crippen LogP contribution in [0.25, 0.3) is 0 Å². The Balaban J connectivity index is 1.85. The quantitative estimate of drug-likeness (QED) is 0.497. The summed E-state index contributed by atoms with van der Waals surface area (Å²) in [5, 5.41) is 14.5. The Morgan fingerprint density at radius 1 is 1.28 bits per heavy atom. The summed E-state index contributed by atoms with van der Waals surface area (Å²) in [6, 6.07) is 6.06. The molecule has 0 spiro atoms. The van der Waals surface area contributed by atoms with E-state index in [1.807, 2.05) is 0 Å². The van der Waals surface area contributed by atoms with E-state index in [-0.39, 0.29) is 23.2 Å². The SMILES string of the molecule is CCN(CC)S(=O)(=O)c1ccc2c(c1)CCCN2C(=O)Cn1ccc([N+](=O)[O-])n1. The van der Waals surface area contributed by atoms with E-state index in [0.29, 0.717) is 38.2 Å². The summed E-state index contributed by atoms with van der Waals surface area (Å²) in [6.45, 7) is 4.72. The Kier molecular flexibility index (Phi) is 5.99. The number of benzene rings is 1. The van der Waals surface area contributed by atoms with E-state index in [4.69, 9.17) is 0 Å². The molecule has 0 saturated heterocycles. The second kappa shape index (κ2) is 8.29. The van der Waals surface area contributed by atoms with Crippen molar-refractivity contribution in [2.45, 2.75) is 38.1 Å². The maximum absolute atomic E-state index is 12.8. The summed E-state index contributed by atoms with van der Waals surface area (Å²) in [6.07, 6.45) is 2.77. The predicted molar refractivity (Wildman–Crippen MR) is 106 cm³/mol. The lowest BCUT2D eigenvalue weighted by Gasteiger charge is -2.30. The zero-order valence-electron chi connectivity index (χ0n) is 16.3. The van der Waals surface area contributed by atoms with Crippen molar-refractivity contribution in [3.63, 3.8) is 0 Å². The van der Waals surface area contributed by atoms with Gasteiger partial charge in [0.05, 0.1) is 22.3 Å². The average molecular weight is 421 g/mol.